The highest BCUT2D eigenvalue weighted by Gasteiger charge is 2.16. The number of phenols is 1. The van der Waals surface area contributed by atoms with E-state index in [1.807, 2.05) is 4.90 Å². The highest BCUT2D eigenvalue weighted by atomic mass is 32.2. The van der Waals surface area contributed by atoms with Crippen LogP contribution in [0.2, 0.25) is 0 Å². The lowest BCUT2D eigenvalue weighted by molar-refractivity contribution is -0.117. The molecule has 7 nitrogen and oxygen atoms in total. The molecule has 116 valence electrons. The molecule has 0 spiro atoms. The fourth-order valence-electron chi connectivity index (χ4n) is 2.11. The zero-order chi connectivity index (χ0) is 15.5. The predicted molar refractivity (Wildman–Crippen MR) is 79.2 cm³/mol. The molecule has 1 heterocycles. The third kappa shape index (κ3) is 4.42. The molecular formula is C13H19N3O4S. The molecule has 1 aromatic rings. The number of nitrogens with one attached hydrogen (secondary N) is 2. The van der Waals surface area contributed by atoms with Gasteiger partial charge in [0.05, 0.1) is 17.1 Å². The molecule has 1 aliphatic rings. The molecule has 1 amide bonds. The van der Waals surface area contributed by atoms with Crippen molar-refractivity contribution in [2.45, 2.75) is 4.90 Å². The Labute approximate surface area is 123 Å². The van der Waals surface area contributed by atoms with E-state index >= 15 is 0 Å². The molecular weight excluding hydrogens is 294 g/mol. The summed E-state index contributed by atoms with van der Waals surface area (Å²) in [5.74, 6) is -0.436. The molecule has 1 saturated heterocycles. The predicted octanol–water partition coefficient (Wildman–Crippen LogP) is -0.361. The van der Waals surface area contributed by atoms with E-state index in [2.05, 4.69) is 10.6 Å². The number of piperazine rings is 1. The first kappa shape index (κ1) is 15.7. The molecule has 1 fully saturated rings. The number of phenolic OH excluding ortho intramolecular Hbond substituents is 1. The van der Waals surface area contributed by atoms with Crippen molar-refractivity contribution >= 4 is 21.4 Å². The van der Waals surface area contributed by atoms with Gasteiger partial charge in [-0.15, -0.1) is 0 Å². The molecule has 2 rings (SSSR count). The van der Waals surface area contributed by atoms with Gasteiger partial charge in [0.15, 0.2) is 9.84 Å². The topological polar surface area (TPSA) is 98.7 Å². The van der Waals surface area contributed by atoms with Crippen LogP contribution in [-0.2, 0) is 14.6 Å². The largest absolute Gasteiger partial charge is 0.506 e. The Kier molecular flexibility index (Phi) is 4.81. The van der Waals surface area contributed by atoms with E-state index in [4.69, 9.17) is 0 Å². The van der Waals surface area contributed by atoms with Crippen LogP contribution >= 0.6 is 0 Å². The smallest absolute Gasteiger partial charge is 0.238 e. The number of amides is 1. The maximum atomic E-state index is 12.0. The van der Waals surface area contributed by atoms with Gasteiger partial charge < -0.3 is 15.7 Å². The van der Waals surface area contributed by atoms with E-state index < -0.39 is 9.84 Å². The Balaban J connectivity index is 2.06. The second-order valence-electron chi connectivity index (χ2n) is 5.03. The number of rotatable bonds is 4. The SMILES string of the molecule is CS(=O)(=O)c1ccc(O)c(NC(=O)CN2CCNCC2)c1. The molecule has 1 aromatic carbocycles. The minimum atomic E-state index is -3.39. The van der Waals surface area contributed by atoms with Gasteiger partial charge in [0.1, 0.15) is 5.75 Å². The third-order valence-corrected chi connectivity index (χ3v) is 4.36. The highest BCUT2D eigenvalue weighted by Crippen LogP contribution is 2.26. The van der Waals surface area contributed by atoms with Crippen molar-refractivity contribution in [1.29, 1.82) is 0 Å². The van der Waals surface area contributed by atoms with E-state index in [1.54, 1.807) is 0 Å². The summed E-state index contributed by atoms with van der Waals surface area (Å²) in [5, 5.41) is 15.5. The van der Waals surface area contributed by atoms with Crippen LogP contribution in [0.4, 0.5) is 5.69 Å². The molecule has 0 saturated carbocycles. The molecule has 0 aromatic heterocycles. The Morgan fingerprint density at radius 3 is 2.67 bits per heavy atom. The van der Waals surface area contributed by atoms with Gasteiger partial charge in [0, 0.05) is 32.4 Å². The number of carbonyl (C=O) groups is 1. The van der Waals surface area contributed by atoms with Crippen LogP contribution in [0.25, 0.3) is 0 Å². The van der Waals surface area contributed by atoms with Crippen LogP contribution in [0.3, 0.4) is 0 Å². The first-order chi connectivity index (χ1) is 9.86. The van der Waals surface area contributed by atoms with Crippen molar-refractivity contribution in [3.05, 3.63) is 18.2 Å². The summed E-state index contributed by atoms with van der Waals surface area (Å²) in [6.07, 6.45) is 1.08. The van der Waals surface area contributed by atoms with E-state index in [9.17, 15) is 18.3 Å². The van der Waals surface area contributed by atoms with Gasteiger partial charge >= 0.3 is 0 Å². The van der Waals surface area contributed by atoms with Crippen LogP contribution in [0, 0.1) is 0 Å². The summed E-state index contributed by atoms with van der Waals surface area (Å²) in [5.41, 5.74) is 0.109. The Bertz CT molecular complexity index is 624. The van der Waals surface area contributed by atoms with Crippen LogP contribution in [0.15, 0.2) is 23.1 Å². The second-order valence-corrected chi connectivity index (χ2v) is 7.04. The van der Waals surface area contributed by atoms with Crippen molar-refractivity contribution in [2.24, 2.45) is 0 Å². The first-order valence-corrected chi connectivity index (χ1v) is 8.51. The van der Waals surface area contributed by atoms with Gasteiger partial charge in [-0.3, -0.25) is 9.69 Å². The summed E-state index contributed by atoms with van der Waals surface area (Å²) in [6, 6.07) is 3.83. The number of nitrogens with zero attached hydrogens (tertiary/aromatic N) is 1. The summed E-state index contributed by atoms with van der Waals surface area (Å²) < 4.78 is 23.0. The van der Waals surface area contributed by atoms with Gasteiger partial charge in [-0.25, -0.2) is 8.42 Å². The molecule has 1 aliphatic heterocycles. The fourth-order valence-corrected chi connectivity index (χ4v) is 2.76. The Morgan fingerprint density at radius 1 is 1.38 bits per heavy atom. The molecule has 0 radical (unpaired) electrons. The van der Waals surface area contributed by atoms with Gasteiger partial charge in [-0.1, -0.05) is 0 Å². The Hall–Kier alpha value is -1.64. The molecule has 0 unspecified atom stereocenters. The average Bonchev–Trinajstić information content (AvgIpc) is 2.41. The van der Waals surface area contributed by atoms with Gasteiger partial charge in [0.25, 0.3) is 0 Å². The quantitative estimate of drug-likeness (QED) is 0.657. The van der Waals surface area contributed by atoms with Crippen LogP contribution in [0.1, 0.15) is 0 Å². The van der Waals surface area contributed by atoms with E-state index in [-0.39, 0.29) is 28.8 Å². The molecule has 21 heavy (non-hydrogen) atoms. The number of anilines is 1. The van der Waals surface area contributed by atoms with Crippen molar-refractivity contribution in [2.75, 3.05) is 44.3 Å². The lowest BCUT2D eigenvalue weighted by Crippen LogP contribution is -2.46. The molecule has 8 heteroatoms. The number of carbonyl (C=O) groups excluding carboxylic acids is 1. The number of sulfone groups is 1. The van der Waals surface area contributed by atoms with Crippen LogP contribution < -0.4 is 10.6 Å². The second kappa shape index (κ2) is 6.42. The van der Waals surface area contributed by atoms with Crippen molar-refractivity contribution < 1.29 is 18.3 Å². The maximum Gasteiger partial charge on any atom is 0.238 e. The third-order valence-electron chi connectivity index (χ3n) is 3.25. The monoisotopic (exact) mass is 313 g/mol. The van der Waals surface area contributed by atoms with Gasteiger partial charge in [0.2, 0.25) is 5.91 Å². The summed E-state index contributed by atoms with van der Waals surface area (Å²) in [4.78, 5) is 14.0. The number of hydrogen-bond acceptors (Lipinski definition) is 6. The minimum Gasteiger partial charge on any atom is -0.506 e. The van der Waals surface area contributed by atoms with Crippen LogP contribution in [-0.4, -0.2) is 63.3 Å². The zero-order valence-electron chi connectivity index (χ0n) is 11.8. The lowest BCUT2D eigenvalue weighted by atomic mass is 10.3. The van der Waals surface area contributed by atoms with E-state index in [1.165, 1.54) is 18.2 Å². The lowest BCUT2D eigenvalue weighted by Gasteiger charge is -2.26. The molecule has 0 atom stereocenters. The van der Waals surface area contributed by atoms with E-state index in [0.717, 1.165) is 32.4 Å². The zero-order valence-corrected chi connectivity index (χ0v) is 12.6. The number of hydrogen-bond donors (Lipinski definition) is 3. The molecule has 3 N–H and O–H groups in total. The fraction of sp³-hybridized carbons (Fsp3) is 0.462. The highest BCUT2D eigenvalue weighted by molar-refractivity contribution is 7.90. The molecule has 0 bridgehead atoms. The average molecular weight is 313 g/mol. The molecule has 0 aliphatic carbocycles. The van der Waals surface area contributed by atoms with Crippen molar-refractivity contribution in [3.8, 4) is 5.75 Å². The maximum absolute atomic E-state index is 12.0. The first-order valence-electron chi connectivity index (χ1n) is 6.62. The summed E-state index contributed by atoms with van der Waals surface area (Å²) in [7, 11) is -3.39. The van der Waals surface area contributed by atoms with E-state index in [0.29, 0.717) is 0 Å². The minimum absolute atomic E-state index is 0.0535. The Morgan fingerprint density at radius 2 is 2.05 bits per heavy atom. The van der Waals surface area contributed by atoms with Crippen molar-refractivity contribution in [1.82, 2.24) is 10.2 Å². The van der Waals surface area contributed by atoms with Crippen LogP contribution in [0.5, 0.6) is 5.75 Å². The standard InChI is InChI=1S/C13H19N3O4S/c1-21(19,20)10-2-3-12(17)11(8-10)15-13(18)9-16-6-4-14-5-7-16/h2-3,8,14,17H,4-7,9H2,1H3,(H,15,18). The normalized spacial score (nSPS) is 16.6. The summed E-state index contributed by atoms with van der Waals surface area (Å²) >= 11 is 0. The number of benzene rings is 1. The van der Waals surface area contributed by atoms with Gasteiger partial charge in [-0.2, -0.15) is 0 Å². The van der Waals surface area contributed by atoms with Crippen molar-refractivity contribution in [3.63, 3.8) is 0 Å². The number of aromatic hydroxyl groups is 1. The van der Waals surface area contributed by atoms with Gasteiger partial charge in [-0.05, 0) is 18.2 Å². The summed E-state index contributed by atoms with van der Waals surface area (Å²) in [6.45, 7) is 3.44.